The van der Waals surface area contributed by atoms with Crippen LogP contribution in [0, 0.1) is 11.3 Å². The molecule has 0 radical (unpaired) electrons. The molecule has 0 saturated heterocycles. The van der Waals surface area contributed by atoms with Crippen molar-refractivity contribution in [1.29, 1.82) is 5.26 Å². The average Bonchev–Trinajstić information content (AvgIpc) is 2.57. The van der Waals surface area contributed by atoms with Gasteiger partial charge in [0.25, 0.3) is 5.91 Å². The zero-order valence-electron chi connectivity index (χ0n) is 12.4. The lowest BCUT2D eigenvalue weighted by atomic mass is 10.2. The predicted molar refractivity (Wildman–Crippen MR) is 87.0 cm³/mol. The van der Waals surface area contributed by atoms with E-state index in [1.54, 1.807) is 36.4 Å². The van der Waals surface area contributed by atoms with E-state index < -0.39 is 5.91 Å². The second kappa shape index (κ2) is 7.52. The van der Waals surface area contributed by atoms with Gasteiger partial charge in [-0.05, 0) is 36.4 Å². The van der Waals surface area contributed by atoms with E-state index in [2.05, 4.69) is 10.6 Å². The number of para-hydroxylation sites is 2. The van der Waals surface area contributed by atoms with Crippen molar-refractivity contribution in [3.05, 3.63) is 60.3 Å². The fourth-order valence-corrected chi connectivity index (χ4v) is 1.80. The van der Waals surface area contributed by atoms with Gasteiger partial charge < -0.3 is 20.5 Å². The van der Waals surface area contributed by atoms with Crippen LogP contribution in [0.4, 0.5) is 11.4 Å². The summed E-state index contributed by atoms with van der Waals surface area (Å²) < 4.78 is 5.14. The van der Waals surface area contributed by atoms with Crippen LogP contribution in [0.15, 0.2) is 60.3 Å². The zero-order chi connectivity index (χ0) is 16.7. The SMILES string of the molecule is COc1ccccc1NC(=O)/C(C#N)=C\Nc1ccc(O)cc1. The molecule has 0 fully saturated rings. The number of aromatic hydroxyl groups is 1. The van der Waals surface area contributed by atoms with Crippen LogP contribution in [0.5, 0.6) is 11.5 Å². The molecule has 0 bridgehead atoms. The lowest BCUT2D eigenvalue weighted by Crippen LogP contribution is -2.15. The number of carbonyl (C=O) groups excluding carboxylic acids is 1. The van der Waals surface area contributed by atoms with E-state index in [-0.39, 0.29) is 11.3 Å². The Kier molecular flexibility index (Phi) is 5.21. The lowest BCUT2D eigenvalue weighted by molar-refractivity contribution is -0.112. The molecule has 2 aromatic rings. The monoisotopic (exact) mass is 309 g/mol. The van der Waals surface area contributed by atoms with Crippen molar-refractivity contribution >= 4 is 17.3 Å². The number of phenolic OH excluding ortho intramolecular Hbond substituents is 1. The average molecular weight is 309 g/mol. The standard InChI is InChI=1S/C17H15N3O3/c1-23-16-5-3-2-4-15(16)20-17(22)12(10-18)11-19-13-6-8-14(21)9-7-13/h2-9,11,19,21H,1H3,(H,20,22)/b12-11-. The van der Waals surface area contributed by atoms with Crippen LogP contribution in [0.1, 0.15) is 0 Å². The summed E-state index contributed by atoms with van der Waals surface area (Å²) in [7, 11) is 1.50. The van der Waals surface area contributed by atoms with E-state index >= 15 is 0 Å². The molecule has 2 rings (SSSR count). The highest BCUT2D eigenvalue weighted by Crippen LogP contribution is 2.23. The van der Waals surface area contributed by atoms with Crippen LogP contribution in [-0.2, 0) is 4.79 Å². The van der Waals surface area contributed by atoms with Gasteiger partial charge in [-0.15, -0.1) is 0 Å². The molecule has 116 valence electrons. The minimum atomic E-state index is -0.553. The maximum atomic E-state index is 12.1. The van der Waals surface area contributed by atoms with Gasteiger partial charge in [-0.25, -0.2) is 0 Å². The van der Waals surface area contributed by atoms with Gasteiger partial charge in [-0.3, -0.25) is 4.79 Å². The van der Waals surface area contributed by atoms with Gasteiger partial charge in [0.2, 0.25) is 0 Å². The second-order valence-electron chi connectivity index (χ2n) is 4.52. The van der Waals surface area contributed by atoms with Crippen LogP contribution in [0.3, 0.4) is 0 Å². The maximum Gasteiger partial charge on any atom is 0.267 e. The van der Waals surface area contributed by atoms with Gasteiger partial charge in [0.15, 0.2) is 0 Å². The highest BCUT2D eigenvalue weighted by Gasteiger charge is 2.11. The third-order valence-corrected chi connectivity index (χ3v) is 2.97. The first kappa shape index (κ1) is 15.9. The number of phenols is 1. The molecule has 6 heteroatoms. The summed E-state index contributed by atoms with van der Waals surface area (Å²) in [6.45, 7) is 0. The molecule has 3 N–H and O–H groups in total. The molecule has 0 aromatic heterocycles. The summed E-state index contributed by atoms with van der Waals surface area (Å²) >= 11 is 0. The lowest BCUT2D eigenvalue weighted by Gasteiger charge is -2.09. The number of ether oxygens (including phenoxy) is 1. The number of benzene rings is 2. The van der Waals surface area contributed by atoms with E-state index in [9.17, 15) is 9.90 Å². The van der Waals surface area contributed by atoms with Crippen molar-refractivity contribution < 1.29 is 14.6 Å². The predicted octanol–water partition coefficient (Wildman–Crippen LogP) is 2.86. The summed E-state index contributed by atoms with van der Waals surface area (Å²) in [5.41, 5.74) is 1.02. The van der Waals surface area contributed by atoms with Crippen molar-refractivity contribution in [2.75, 3.05) is 17.7 Å². The minimum Gasteiger partial charge on any atom is -0.508 e. The number of carbonyl (C=O) groups is 1. The minimum absolute atomic E-state index is 0.0935. The summed E-state index contributed by atoms with van der Waals surface area (Å²) in [6, 6.07) is 15.0. The zero-order valence-corrected chi connectivity index (χ0v) is 12.4. The second-order valence-corrected chi connectivity index (χ2v) is 4.52. The fraction of sp³-hybridized carbons (Fsp3) is 0.0588. The van der Waals surface area contributed by atoms with Crippen molar-refractivity contribution in [3.8, 4) is 17.6 Å². The van der Waals surface area contributed by atoms with Crippen LogP contribution in [-0.4, -0.2) is 18.1 Å². The molecule has 0 spiro atoms. The molecule has 0 saturated carbocycles. The smallest absolute Gasteiger partial charge is 0.267 e. The van der Waals surface area contributed by atoms with Gasteiger partial charge in [0.05, 0.1) is 12.8 Å². The molecule has 0 aliphatic heterocycles. The maximum absolute atomic E-state index is 12.1. The highest BCUT2D eigenvalue weighted by atomic mass is 16.5. The summed E-state index contributed by atoms with van der Waals surface area (Å²) in [5.74, 6) is 0.0851. The van der Waals surface area contributed by atoms with Crippen LogP contribution in [0.25, 0.3) is 0 Å². The van der Waals surface area contributed by atoms with Gasteiger partial charge >= 0.3 is 0 Å². The number of nitriles is 1. The Balaban J connectivity index is 2.10. The Labute approximate surface area is 133 Å². The topological polar surface area (TPSA) is 94.4 Å². The quantitative estimate of drug-likeness (QED) is 0.448. The fourth-order valence-electron chi connectivity index (χ4n) is 1.80. The molecule has 0 unspecified atom stereocenters. The highest BCUT2D eigenvalue weighted by molar-refractivity contribution is 6.07. The molecule has 2 aromatic carbocycles. The van der Waals surface area contributed by atoms with Crippen molar-refractivity contribution in [3.63, 3.8) is 0 Å². The molecule has 0 heterocycles. The summed E-state index contributed by atoms with van der Waals surface area (Å²) in [6.07, 6.45) is 1.30. The van der Waals surface area contributed by atoms with E-state index in [0.717, 1.165) is 0 Å². The van der Waals surface area contributed by atoms with Gasteiger partial charge in [0, 0.05) is 11.9 Å². The number of amides is 1. The molecular formula is C17H15N3O3. The summed E-state index contributed by atoms with van der Waals surface area (Å²) in [4.78, 5) is 12.1. The Morgan fingerprint density at radius 3 is 2.57 bits per heavy atom. The number of methoxy groups -OCH3 is 1. The Hall–Kier alpha value is -3.46. The number of hydrogen-bond acceptors (Lipinski definition) is 5. The van der Waals surface area contributed by atoms with Crippen molar-refractivity contribution in [2.24, 2.45) is 0 Å². The van der Waals surface area contributed by atoms with E-state index in [1.807, 2.05) is 6.07 Å². The largest absolute Gasteiger partial charge is 0.508 e. The Morgan fingerprint density at radius 2 is 1.91 bits per heavy atom. The molecule has 0 aliphatic rings. The third-order valence-electron chi connectivity index (χ3n) is 2.97. The first-order chi connectivity index (χ1) is 11.1. The number of anilines is 2. The normalized spacial score (nSPS) is 10.5. The molecule has 0 atom stereocenters. The Morgan fingerprint density at radius 1 is 1.22 bits per heavy atom. The first-order valence-electron chi connectivity index (χ1n) is 6.74. The number of rotatable bonds is 5. The van der Waals surface area contributed by atoms with Crippen LogP contribution < -0.4 is 15.4 Å². The molecule has 6 nitrogen and oxygen atoms in total. The molecule has 23 heavy (non-hydrogen) atoms. The number of nitrogens with zero attached hydrogens (tertiary/aromatic N) is 1. The number of hydrogen-bond donors (Lipinski definition) is 3. The van der Waals surface area contributed by atoms with Crippen molar-refractivity contribution in [2.45, 2.75) is 0 Å². The molecule has 1 amide bonds. The Bertz CT molecular complexity index is 761. The molecular weight excluding hydrogens is 294 g/mol. The first-order valence-corrected chi connectivity index (χ1v) is 6.74. The van der Waals surface area contributed by atoms with Crippen LogP contribution in [0.2, 0.25) is 0 Å². The van der Waals surface area contributed by atoms with Crippen molar-refractivity contribution in [1.82, 2.24) is 0 Å². The third kappa shape index (κ3) is 4.25. The van der Waals surface area contributed by atoms with E-state index in [0.29, 0.717) is 17.1 Å². The van der Waals surface area contributed by atoms with Gasteiger partial charge in [-0.1, -0.05) is 12.1 Å². The van der Waals surface area contributed by atoms with E-state index in [1.165, 1.54) is 25.4 Å². The molecule has 0 aliphatic carbocycles. The van der Waals surface area contributed by atoms with Gasteiger partial charge in [0.1, 0.15) is 23.1 Å². The summed E-state index contributed by atoms with van der Waals surface area (Å²) in [5, 5.41) is 23.8. The number of nitrogens with one attached hydrogen (secondary N) is 2. The van der Waals surface area contributed by atoms with Gasteiger partial charge in [-0.2, -0.15) is 5.26 Å². The van der Waals surface area contributed by atoms with Crippen LogP contribution >= 0.6 is 0 Å². The van der Waals surface area contributed by atoms with E-state index in [4.69, 9.17) is 10.00 Å².